The summed E-state index contributed by atoms with van der Waals surface area (Å²) in [5.41, 5.74) is 1.55. The summed E-state index contributed by atoms with van der Waals surface area (Å²) >= 11 is 0. The molecule has 1 rings (SSSR count). The highest BCUT2D eigenvalue weighted by atomic mass is 16.5. The van der Waals surface area contributed by atoms with E-state index < -0.39 is 6.10 Å². The van der Waals surface area contributed by atoms with Crippen LogP contribution in [0.4, 0.5) is 0 Å². The number of terminal acetylenes is 1. The summed E-state index contributed by atoms with van der Waals surface area (Å²) < 4.78 is 4.59. The van der Waals surface area contributed by atoms with Crippen LogP contribution in [0.15, 0.2) is 24.3 Å². The average molecular weight is 218 g/mol. The summed E-state index contributed by atoms with van der Waals surface area (Å²) in [4.78, 5) is 11.1. The third-order valence-electron chi connectivity index (χ3n) is 2.27. The molecule has 0 fully saturated rings. The van der Waals surface area contributed by atoms with Crippen molar-refractivity contribution in [2.24, 2.45) is 0 Å². The molecule has 1 unspecified atom stereocenters. The molecule has 0 spiro atoms. The number of hydrogen-bond donors (Lipinski definition) is 1. The molecule has 0 heterocycles. The zero-order chi connectivity index (χ0) is 12.0. The van der Waals surface area contributed by atoms with Crippen LogP contribution >= 0.6 is 0 Å². The van der Waals surface area contributed by atoms with Gasteiger partial charge in [0.1, 0.15) is 6.10 Å². The maximum Gasteiger partial charge on any atom is 0.337 e. The lowest BCUT2D eigenvalue weighted by Crippen LogP contribution is -2.04. The van der Waals surface area contributed by atoms with Crippen molar-refractivity contribution in [3.05, 3.63) is 35.4 Å². The fraction of sp³-hybridized carbons (Fsp3) is 0.308. The average Bonchev–Trinajstić information content (AvgIpc) is 2.35. The van der Waals surface area contributed by atoms with Gasteiger partial charge >= 0.3 is 5.97 Å². The van der Waals surface area contributed by atoms with E-state index in [0.717, 1.165) is 5.56 Å². The largest absolute Gasteiger partial charge is 0.465 e. The van der Waals surface area contributed by atoms with Gasteiger partial charge in [0, 0.05) is 0 Å². The topological polar surface area (TPSA) is 46.5 Å². The van der Waals surface area contributed by atoms with Gasteiger partial charge in [-0.3, -0.25) is 0 Å². The maximum atomic E-state index is 11.1. The molecule has 3 heteroatoms. The Hall–Kier alpha value is -1.79. The van der Waals surface area contributed by atoms with Gasteiger partial charge in [-0.1, -0.05) is 18.1 Å². The highest BCUT2D eigenvalue weighted by Gasteiger charge is 2.05. The number of hydrogen-bond acceptors (Lipinski definition) is 3. The van der Waals surface area contributed by atoms with Gasteiger partial charge in [-0.05, 0) is 30.5 Å². The highest BCUT2D eigenvalue weighted by molar-refractivity contribution is 5.89. The van der Waals surface area contributed by atoms with Gasteiger partial charge in [-0.15, -0.1) is 6.42 Å². The zero-order valence-electron chi connectivity index (χ0n) is 9.14. The predicted octanol–water partition coefficient (Wildman–Crippen LogP) is 1.40. The smallest absolute Gasteiger partial charge is 0.337 e. The SMILES string of the molecule is C#CC(O)CCc1ccc(C(=O)OC)cc1. The lowest BCUT2D eigenvalue weighted by atomic mass is 10.1. The molecule has 0 aromatic heterocycles. The van der Waals surface area contributed by atoms with Crippen LogP contribution in [-0.4, -0.2) is 24.3 Å². The molecule has 3 nitrogen and oxygen atoms in total. The Morgan fingerprint density at radius 2 is 2.12 bits per heavy atom. The molecule has 0 radical (unpaired) electrons. The fourth-order valence-corrected chi connectivity index (χ4v) is 1.31. The van der Waals surface area contributed by atoms with E-state index in [4.69, 9.17) is 6.42 Å². The lowest BCUT2D eigenvalue weighted by Gasteiger charge is -2.04. The molecule has 16 heavy (non-hydrogen) atoms. The first-order valence-electron chi connectivity index (χ1n) is 4.99. The third kappa shape index (κ3) is 3.41. The van der Waals surface area contributed by atoms with E-state index in [-0.39, 0.29) is 5.97 Å². The van der Waals surface area contributed by atoms with Crippen molar-refractivity contribution in [3.8, 4) is 12.3 Å². The summed E-state index contributed by atoms with van der Waals surface area (Å²) in [6.07, 6.45) is 5.56. The van der Waals surface area contributed by atoms with Crippen molar-refractivity contribution in [3.63, 3.8) is 0 Å². The van der Waals surface area contributed by atoms with Gasteiger partial charge in [0.05, 0.1) is 12.7 Å². The molecule has 0 saturated heterocycles. The Labute approximate surface area is 95.1 Å². The Morgan fingerprint density at radius 1 is 1.50 bits per heavy atom. The summed E-state index contributed by atoms with van der Waals surface area (Å²) in [6, 6.07) is 7.05. The van der Waals surface area contributed by atoms with Crippen molar-refractivity contribution in [1.29, 1.82) is 0 Å². The van der Waals surface area contributed by atoms with Crippen LogP contribution in [0.25, 0.3) is 0 Å². The lowest BCUT2D eigenvalue weighted by molar-refractivity contribution is 0.0600. The molecule has 1 aromatic rings. The molecule has 84 valence electrons. The normalized spacial score (nSPS) is 11.6. The van der Waals surface area contributed by atoms with Crippen LogP contribution in [0, 0.1) is 12.3 Å². The van der Waals surface area contributed by atoms with Crippen molar-refractivity contribution >= 4 is 5.97 Å². The molecule has 0 amide bonds. The van der Waals surface area contributed by atoms with Gasteiger partial charge in [-0.2, -0.15) is 0 Å². The molecule has 1 atom stereocenters. The van der Waals surface area contributed by atoms with Crippen molar-refractivity contribution in [2.45, 2.75) is 18.9 Å². The van der Waals surface area contributed by atoms with E-state index in [2.05, 4.69) is 10.7 Å². The minimum Gasteiger partial charge on any atom is -0.465 e. The zero-order valence-corrected chi connectivity index (χ0v) is 9.14. The fourth-order valence-electron chi connectivity index (χ4n) is 1.31. The molecule has 0 aliphatic carbocycles. The first-order chi connectivity index (χ1) is 7.67. The standard InChI is InChI=1S/C13H14O3/c1-3-12(14)9-6-10-4-7-11(8-5-10)13(15)16-2/h1,4-5,7-8,12,14H,6,9H2,2H3. The van der Waals surface area contributed by atoms with Crippen LogP contribution in [0.1, 0.15) is 22.3 Å². The number of benzene rings is 1. The predicted molar refractivity (Wildman–Crippen MR) is 60.9 cm³/mol. The van der Waals surface area contributed by atoms with E-state index in [1.165, 1.54) is 7.11 Å². The van der Waals surface area contributed by atoms with Gasteiger partial charge in [0.2, 0.25) is 0 Å². The van der Waals surface area contributed by atoms with Gasteiger partial charge in [-0.25, -0.2) is 4.79 Å². The number of methoxy groups -OCH3 is 1. The van der Waals surface area contributed by atoms with E-state index in [9.17, 15) is 9.90 Å². The number of carbonyl (C=O) groups is 1. The number of esters is 1. The number of carbonyl (C=O) groups excluding carboxylic acids is 1. The van der Waals surface area contributed by atoms with Crippen LogP contribution in [0.2, 0.25) is 0 Å². The van der Waals surface area contributed by atoms with E-state index in [1.807, 2.05) is 12.1 Å². The molecule has 0 saturated carbocycles. The minimum atomic E-state index is -0.708. The number of rotatable bonds is 4. The maximum absolute atomic E-state index is 11.1. The Bertz CT molecular complexity index is 387. The summed E-state index contributed by atoms with van der Waals surface area (Å²) in [5.74, 6) is 1.90. The second-order valence-electron chi connectivity index (χ2n) is 3.41. The molecule has 0 bridgehead atoms. The van der Waals surface area contributed by atoms with E-state index in [0.29, 0.717) is 18.4 Å². The van der Waals surface area contributed by atoms with E-state index >= 15 is 0 Å². The van der Waals surface area contributed by atoms with Gasteiger partial charge in [0.25, 0.3) is 0 Å². The first-order valence-corrected chi connectivity index (χ1v) is 4.99. The summed E-state index contributed by atoms with van der Waals surface area (Å²) in [5, 5.41) is 9.19. The number of aryl methyl sites for hydroxylation is 1. The van der Waals surface area contributed by atoms with Crippen LogP contribution in [-0.2, 0) is 11.2 Å². The quantitative estimate of drug-likeness (QED) is 0.613. The van der Waals surface area contributed by atoms with Crippen LogP contribution in [0.3, 0.4) is 0 Å². The Balaban J connectivity index is 2.59. The van der Waals surface area contributed by atoms with Gasteiger partial charge < -0.3 is 9.84 Å². The molecule has 1 aromatic carbocycles. The van der Waals surface area contributed by atoms with E-state index in [1.54, 1.807) is 12.1 Å². The van der Waals surface area contributed by atoms with Gasteiger partial charge in [0.15, 0.2) is 0 Å². The van der Waals surface area contributed by atoms with Crippen LogP contribution < -0.4 is 0 Å². The summed E-state index contributed by atoms with van der Waals surface area (Å²) in [6.45, 7) is 0. The molecule has 1 N–H and O–H groups in total. The molecule has 0 aliphatic heterocycles. The molecular formula is C13H14O3. The van der Waals surface area contributed by atoms with Crippen molar-refractivity contribution in [2.75, 3.05) is 7.11 Å². The molecular weight excluding hydrogens is 204 g/mol. The third-order valence-corrected chi connectivity index (χ3v) is 2.27. The number of aliphatic hydroxyl groups excluding tert-OH is 1. The number of ether oxygens (including phenoxy) is 1. The number of aliphatic hydroxyl groups is 1. The monoisotopic (exact) mass is 218 g/mol. The second kappa shape index (κ2) is 5.94. The minimum absolute atomic E-state index is 0.352. The first kappa shape index (κ1) is 12.3. The van der Waals surface area contributed by atoms with Crippen LogP contribution in [0.5, 0.6) is 0 Å². The Morgan fingerprint density at radius 3 is 2.62 bits per heavy atom. The van der Waals surface area contributed by atoms with Crippen molar-refractivity contribution < 1.29 is 14.6 Å². The van der Waals surface area contributed by atoms with Crippen molar-refractivity contribution in [1.82, 2.24) is 0 Å². The molecule has 0 aliphatic rings. The summed E-state index contributed by atoms with van der Waals surface area (Å²) in [7, 11) is 1.35. The second-order valence-corrected chi connectivity index (χ2v) is 3.41. The highest BCUT2D eigenvalue weighted by Crippen LogP contribution is 2.08. The Kier molecular flexibility index (Phi) is 4.56.